The van der Waals surface area contributed by atoms with Crippen molar-refractivity contribution in [2.45, 2.75) is 31.3 Å². The number of hydrogen-bond acceptors (Lipinski definition) is 5. The highest BCUT2D eigenvalue weighted by Gasteiger charge is 2.42. The number of esters is 1. The van der Waals surface area contributed by atoms with Gasteiger partial charge in [0.1, 0.15) is 0 Å². The minimum absolute atomic E-state index is 0.00736. The Balaban J connectivity index is 1.63. The van der Waals surface area contributed by atoms with Crippen molar-refractivity contribution in [2.24, 2.45) is 0 Å². The molecule has 0 spiro atoms. The minimum atomic E-state index is -3.07. The maximum Gasteiger partial charge on any atom is 0.339 e. The normalized spacial score (nSPS) is 22.1. The molecule has 0 bridgehead atoms. The van der Waals surface area contributed by atoms with Gasteiger partial charge in [-0.1, -0.05) is 12.1 Å². The van der Waals surface area contributed by atoms with Gasteiger partial charge in [0.2, 0.25) is 0 Å². The van der Waals surface area contributed by atoms with Crippen LogP contribution < -0.4 is 0 Å². The Morgan fingerprint density at radius 2 is 1.88 bits per heavy atom. The van der Waals surface area contributed by atoms with Crippen molar-refractivity contribution >= 4 is 37.6 Å². The minimum Gasteiger partial charge on any atom is -0.452 e. The van der Waals surface area contributed by atoms with E-state index in [2.05, 4.69) is 15.9 Å². The summed E-state index contributed by atoms with van der Waals surface area (Å²) in [6, 6.07) is 6.61. The molecule has 1 aliphatic heterocycles. The molecule has 8 heteroatoms. The fourth-order valence-corrected chi connectivity index (χ4v) is 5.12. The molecule has 0 N–H and O–H groups in total. The molecule has 1 atom stereocenters. The standard InChI is InChI=1S/C16H18BrNO5S/c17-14-4-2-1-3-13(14)16(20)23-9-15(19)18(11-5-6-11)12-7-8-24(21,22)10-12/h1-4,11-12H,5-10H2. The zero-order valence-corrected chi connectivity index (χ0v) is 15.4. The van der Waals surface area contributed by atoms with Crippen molar-refractivity contribution in [1.29, 1.82) is 0 Å². The van der Waals surface area contributed by atoms with Crippen LogP contribution in [0.2, 0.25) is 0 Å². The number of ether oxygens (including phenoxy) is 1. The lowest BCUT2D eigenvalue weighted by atomic mass is 10.2. The van der Waals surface area contributed by atoms with Gasteiger partial charge in [-0.2, -0.15) is 0 Å². The van der Waals surface area contributed by atoms with Crippen molar-refractivity contribution in [1.82, 2.24) is 4.90 Å². The monoisotopic (exact) mass is 415 g/mol. The Morgan fingerprint density at radius 1 is 1.17 bits per heavy atom. The molecular formula is C16H18BrNO5S. The second-order valence-electron chi connectivity index (χ2n) is 6.15. The van der Waals surface area contributed by atoms with Crippen LogP contribution in [0.25, 0.3) is 0 Å². The molecule has 1 heterocycles. The first-order valence-electron chi connectivity index (χ1n) is 7.80. The highest BCUT2D eigenvalue weighted by atomic mass is 79.9. The first-order valence-corrected chi connectivity index (χ1v) is 10.4. The van der Waals surface area contributed by atoms with Crippen molar-refractivity contribution in [2.75, 3.05) is 18.1 Å². The Hall–Kier alpha value is -1.41. The van der Waals surface area contributed by atoms with Gasteiger partial charge >= 0.3 is 5.97 Å². The van der Waals surface area contributed by atoms with E-state index in [1.54, 1.807) is 29.2 Å². The number of sulfone groups is 1. The number of carbonyl (C=O) groups excluding carboxylic acids is 2. The fraction of sp³-hybridized carbons (Fsp3) is 0.500. The van der Waals surface area contributed by atoms with E-state index >= 15 is 0 Å². The summed E-state index contributed by atoms with van der Waals surface area (Å²) in [4.78, 5) is 26.2. The van der Waals surface area contributed by atoms with E-state index in [-0.39, 0.29) is 36.1 Å². The maximum atomic E-state index is 12.5. The predicted octanol–water partition coefficient (Wildman–Crippen LogP) is 1.78. The van der Waals surface area contributed by atoms with E-state index < -0.39 is 15.8 Å². The number of hydrogen-bond donors (Lipinski definition) is 0. The van der Waals surface area contributed by atoms with Crippen LogP contribution in [0.5, 0.6) is 0 Å². The first kappa shape index (κ1) is 17.4. The van der Waals surface area contributed by atoms with Crippen LogP contribution in [0, 0.1) is 0 Å². The zero-order valence-electron chi connectivity index (χ0n) is 13.0. The van der Waals surface area contributed by atoms with Crippen molar-refractivity contribution in [3.8, 4) is 0 Å². The average molecular weight is 416 g/mol. The third-order valence-corrected chi connectivity index (χ3v) is 6.69. The molecule has 1 saturated heterocycles. The van der Waals surface area contributed by atoms with E-state index in [1.807, 2.05) is 0 Å². The van der Waals surface area contributed by atoms with E-state index in [9.17, 15) is 18.0 Å². The molecule has 24 heavy (non-hydrogen) atoms. The van der Waals surface area contributed by atoms with E-state index in [0.717, 1.165) is 12.8 Å². The van der Waals surface area contributed by atoms with Gasteiger partial charge in [-0.25, -0.2) is 13.2 Å². The molecule has 130 valence electrons. The molecule has 1 aromatic rings. The molecule has 0 radical (unpaired) electrons. The quantitative estimate of drug-likeness (QED) is 0.684. The Bertz CT molecular complexity index is 759. The van der Waals surface area contributed by atoms with Crippen molar-refractivity contribution in [3.63, 3.8) is 0 Å². The summed E-state index contributed by atoms with van der Waals surface area (Å²) < 4.78 is 29.1. The second kappa shape index (κ2) is 6.84. The van der Waals surface area contributed by atoms with Crippen LogP contribution in [-0.4, -0.2) is 55.4 Å². The summed E-state index contributed by atoms with van der Waals surface area (Å²) in [5, 5.41) is 0. The molecular weight excluding hydrogens is 398 g/mol. The molecule has 1 saturated carbocycles. The molecule has 1 aromatic carbocycles. The van der Waals surface area contributed by atoms with E-state index in [0.29, 0.717) is 16.5 Å². The molecule has 1 amide bonds. The average Bonchev–Trinajstić information content (AvgIpc) is 3.29. The van der Waals surface area contributed by atoms with Crippen molar-refractivity contribution in [3.05, 3.63) is 34.3 Å². The molecule has 2 aliphatic rings. The summed E-state index contributed by atoms with van der Waals surface area (Å²) in [5.74, 6) is -0.774. The molecule has 2 fully saturated rings. The van der Waals surface area contributed by atoms with Gasteiger partial charge in [-0.3, -0.25) is 4.79 Å². The number of amides is 1. The number of rotatable bonds is 5. The van der Waals surface area contributed by atoms with Gasteiger partial charge in [0.25, 0.3) is 5.91 Å². The molecule has 1 unspecified atom stereocenters. The van der Waals surface area contributed by atoms with E-state index in [4.69, 9.17) is 4.74 Å². The van der Waals surface area contributed by atoms with Gasteiger partial charge < -0.3 is 9.64 Å². The second-order valence-corrected chi connectivity index (χ2v) is 9.23. The van der Waals surface area contributed by atoms with Gasteiger partial charge in [-0.15, -0.1) is 0 Å². The van der Waals surface area contributed by atoms with Gasteiger partial charge in [0.15, 0.2) is 16.4 Å². The van der Waals surface area contributed by atoms with Crippen molar-refractivity contribution < 1.29 is 22.7 Å². The third-order valence-electron chi connectivity index (χ3n) is 4.25. The fourth-order valence-electron chi connectivity index (χ4n) is 2.96. The zero-order chi connectivity index (χ0) is 17.3. The summed E-state index contributed by atoms with van der Waals surface area (Å²) in [6.45, 7) is -0.368. The number of benzene rings is 1. The van der Waals surface area contributed by atoms with Gasteiger partial charge in [0, 0.05) is 16.6 Å². The van der Waals surface area contributed by atoms with Crippen LogP contribution in [0.3, 0.4) is 0 Å². The molecule has 1 aliphatic carbocycles. The van der Waals surface area contributed by atoms with Crippen LogP contribution in [0.1, 0.15) is 29.6 Å². The van der Waals surface area contributed by atoms with E-state index in [1.165, 1.54) is 0 Å². The lowest BCUT2D eigenvalue weighted by Crippen LogP contribution is -2.44. The summed E-state index contributed by atoms with van der Waals surface area (Å²) in [6.07, 6.45) is 2.21. The Labute approximate surface area is 149 Å². The summed E-state index contributed by atoms with van der Waals surface area (Å²) >= 11 is 3.27. The lowest BCUT2D eigenvalue weighted by Gasteiger charge is -2.28. The van der Waals surface area contributed by atoms with Gasteiger partial charge in [0.05, 0.1) is 17.1 Å². The SMILES string of the molecule is O=C(OCC(=O)N(C1CC1)C1CCS(=O)(=O)C1)c1ccccc1Br. The Morgan fingerprint density at radius 3 is 2.46 bits per heavy atom. The number of nitrogens with zero attached hydrogens (tertiary/aromatic N) is 1. The number of carbonyl (C=O) groups is 2. The third kappa shape index (κ3) is 3.97. The van der Waals surface area contributed by atoms with Crippen LogP contribution in [0.4, 0.5) is 0 Å². The first-order chi connectivity index (χ1) is 11.4. The molecule has 3 rings (SSSR count). The van der Waals surface area contributed by atoms with Crippen LogP contribution >= 0.6 is 15.9 Å². The maximum absolute atomic E-state index is 12.5. The highest BCUT2D eigenvalue weighted by molar-refractivity contribution is 9.10. The summed E-state index contributed by atoms with van der Waals surface area (Å²) in [5.41, 5.74) is 0.353. The van der Waals surface area contributed by atoms with Crippen LogP contribution in [-0.2, 0) is 19.4 Å². The lowest BCUT2D eigenvalue weighted by molar-refractivity contribution is -0.137. The van der Waals surface area contributed by atoms with Gasteiger partial charge in [-0.05, 0) is 47.3 Å². The molecule has 6 nitrogen and oxygen atoms in total. The predicted molar refractivity (Wildman–Crippen MR) is 91.4 cm³/mol. The smallest absolute Gasteiger partial charge is 0.339 e. The largest absolute Gasteiger partial charge is 0.452 e. The number of halogens is 1. The Kier molecular flexibility index (Phi) is 4.96. The summed E-state index contributed by atoms with van der Waals surface area (Å²) in [7, 11) is -3.07. The highest BCUT2D eigenvalue weighted by Crippen LogP contribution is 2.32. The topological polar surface area (TPSA) is 80.8 Å². The molecule has 0 aromatic heterocycles. The van der Waals surface area contributed by atoms with Crippen LogP contribution in [0.15, 0.2) is 28.7 Å².